The maximum Gasteiger partial charge on any atom is 0.129 e. The van der Waals surface area contributed by atoms with Crippen LogP contribution in [0.1, 0.15) is 5.56 Å². The molecule has 5 aromatic rings. The molecule has 1 aromatic heterocycles. The predicted octanol–water partition coefficient (Wildman–Crippen LogP) is 8.01. The Bertz CT molecular complexity index is 1540. The van der Waals surface area contributed by atoms with Gasteiger partial charge in [0.2, 0.25) is 0 Å². The molecular weight excluding hydrogens is 542 g/mol. The maximum atomic E-state index is 5.93. The summed E-state index contributed by atoms with van der Waals surface area (Å²) in [7, 11) is 6.77. The van der Waals surface area contributed by atoms with E-state index in [-0.39, 0.29) is 0 Å². The summed E-state index contributed by atoms with van der Waals surface area (Å²) < 4.78 is 25.4. The summed E-state index contributed by atoms with van der Waals surface area (Å²) in [6.07, 6.45) is 3.11. The Balaban J connectivity index is 1.71. The lowest BCUT2D eigenvalue weighted by molar-refractivity contribution is 0.414. The molecule has 1 heterocycles. The molecule has 4 aromatic carbocycles. The van der Waals surface area contributed by atoms with E-state index in [1.807, 2.05) is 36.4 Å². The van der Waals surface area contributed by atoms with Gasteiger partial charge in [0.15, 0.2) is 0 Å². The standard InChI is InChI=1S/C32H30BrNO4/c1-35-24-11-5-21(6-12-24)17-18-34-20-27(22-7-13-25(36-2)14-8-22)31-28(33)19-29(38-4)30(32(31)34)23-9-15-26(37-3)16-10-23/h5-16,19-20H,17-18H2,1-4H3. The molecule has 0 bridgehead atoms. The maximum absolute atomic E-state index is 5.93. The lowest BCUT2D eigenvalue weighted by Gasteiger charge is -2.16. The van der Waals surface area contributed by atoms with Crippen molar-refractivity contribution in [3.05, 3.63) is 95.1 Å². The molecule has 0 atom stereocenters. The summed E-state index contributed by atoms with van der Waals surface area (Å²) >= 11 is 3.87. The van der Waals surface area contributed by atoms with Gasteiger partial charge in [-0.2, -0.15) is 0 Å². The summed E-state index contributed by atoms with van der Waals surface area (Å²) in [5.74, 6) is 3.31. The number of benzene rings is 4. The molecule has 0 amide bonds. The highest BCUT2D eigenvalue weighted by Crippen LogP contribution is 2.46. The van der Waals surface area contributed by atoms with Crippen LogP contribution < -0.4 is 18.9 Å². The number of hydrogen-bond acceptors (Lipinski definition) is 4. The molecule has 6 heteroatoms. The van der Waals surface area contributed by atoms with Gasteiger partial charge >= 0.3 is 0 Å². The van der Waals surface area contributed by atoms with Gasteiger partial charge < -0.3 is 23.5 Å². The van der Waals surface area contributed by atoms with Gasteiger partial charge in [0.05, 0.1) is 34.0 Å². The van der Waals surface area contributed by atoms with Crippen LogP contribution in [0.25, 0.3) is 33.2 Å². The van der Waals surface area contributed by atoms with E-state index < -0.39 is 0 Å². The van der Waals surface area contributed by atoms with Crippen molar-refractivity contribution in [2.24, 2.45) is 0 Å². The molecular formula is C32H30BrNO4. The minimum atomic E-state index is 0.793. The second kappa shape index (κ2) is 11.2. The van der Waals surface area contributed by atoms with E-state index in [0.717, 1.165) is 73.6 Å². The zero-order chi connectivity index (χ0) is 26.6. The van der Waals surface area contributed by atoms with Crippen molar-refractivity contribution in [3.63, 3.8) is 0 Å². The van der Waals surface area contributed by atoms with E-state index in [2.05, 4.69) is 69.2 Å². The number of aryl methyl sites for hydroxylation is 2. The Kier molecular flexibility index (Phi) is 7.61. The Labute approximate surface area is 231 Å². The summed E-state index contributed by atoms with van der Waals surface area (Å²) in [6, 6.07) is 26.6. The molecule has 5 rings (SSSR count). The molecule has 0 aliphatic rings. The monoisotopic (exact) mass is 571 g/mol. The Morgan fingerprint density at radius 2 is 1.18 bits per heavy atom. The summed E-state index contributed by atoms with van der Waals surface area (Å²) in [6.45, 7) is 0.793. The third kappa shape index (κ3) is 4.96. The molecule has 0 aliphatic heterocycles. The quantitative estimate of drug-likeness (QED) is 0.179. The van der Waals surface area contributed by atoms with Crippen molar-refractivity contribution in [1.29, 1.82) is 0 Å². The number of ether oxygens (including phenoxy) is 4. The zero-order valence-corrected chi connectivity index (χ0v) is 23.5. The van der Waals surface area contributed by atoms with Gasteiger partial charge in [-0.1, -0.05) is 36.4 Å². The number of rotatable bonds is 9. The van der Waals surface area contributed by atoms with E-state index in [0.29, 0.717) is 0 Å². The Hall–Kier alpha value is -3.90. The molecule has 0 spiro atoms. The van der Waals surface area contributed by atoms with Crippen LogP contribution in [0.5, 0.6) is 23.0 Å². The van der Waals surface area contributed by atoms with Crippen molar-refractivity contribution in [2.45, 2.75) is 13.0 Å². The fourth-order valence-corrected chi connectivity index (χ4v) is 5.46. The molecule has 5 nitrogen and oxygen atoms in total. The van der Waals surface area contributed by atoms with Gasteiger partial charge in [-0.3, -0.25) is 0 Å². The molecule has 0 radical (unpaired) electrons. The van der Waals surface area contributed by atoms with Crippen molar-refractivity contribution in [1.82, 2.24) is 4.57 Å². The average molecular weight is 572 g/mol. The first kappa shape index (κ1) is 25.7. The topological polar surface area (TPSA) is 41.9 Å². The first-order valence-electron chi connectivity index (χ1n) is 12.4. The van der Waals surface area contributed by atoms with E-state index in [4.69, 9.17) is 18.9 Å². The Morgan fingerprint density at radius 1 is 0.658 bits per heavy atom. The van der Waals surface area contributed by atoms with Crippen LogP contribution in [0, 0.1) is 0 Å². The first-order valence-corrected chi connectivity index (χ1v) is 13.2. The molecule has 0 saturated heterocycles. The number of methoxy groups -OCH3 is 4. The number of fused-ring (bicyclic) bond motifs is 1. The van der Waals surface area contributed by atoms with E-state index in [1.165, 1.54) is 5.56 Å². The number of hydrogen-bond donors (Lipinski definition) is 0. The molecule has 0 unspecified atom stereocenters. The third-order valence-electron chi connectivity index (χ3n) is 6.86. The number of halogens is 1. The highest BCUT2D eigenvalue weighted by Gasteiger charge is 2.22. The largest absolute Gasteiger partial charge is 0.497 e. The van der Waals surface area contributed by atoms with Crippen molar-refractivity contribution >= 4 is 26.8 Å². The third-order valence-corrected chi connectivity index (χ3v) is 7.48. The van der Waals surface area contributed by atoms with E-state index >= 15 is 0 Å². The van der Waals surface area contributed by atoms with E-state index in [9.17, 15) is 0 Å². The summed E-state index contributed by atoms with van der Waals surface area (Å²) in [4.78, 5) is 0. The minimum Gasteiger partial charge on any atom is -0.497 e. The second-order valence-corrected chi connectivity index (χ2v) is 9.80. The van der Waals surface area contributed by atoms with Gasteiger partial charge in [-0.15, -0.1) is 0 Å². The highest BCUT2D eigenvalue weighted by atomic mass is 79.9. The highest BCUT2D eigenvalue weighted by molar-refractivity contribution is 9.10. The number of nitrogens with zero attached hydrogens (tertiary/aromatic N) is 1. The Morgan fingerprint density at radius 3 is 1.71 bits per heavy atom. The van der Waals surface area contributed by atoms with Crippen molar-refractivity contribution < 1.29 is 18.9 Å². The fraction of sp³-hybridized carbons (Fsp3) is 0.188. The van der Waals surface area contributed by atoms with Gasteiger partial charge in [0, 0.05) is 33.7 Å². The number of aromatic nitrogens is 1. The molecule has 194 valence electrons. The molecule has 38 heavy (non-hydrogen) atoms. The van der Waals surface area contributed by atoms with Crippen LogP contribution >= 0.6 is 15.9 Å². The van der Waals surface area contributed by atoms with E-state index in [1.54, 1.807) is 28.4 Å². The van der Waals surface area contributed by atoms with Gasteiger partial charge in [-0.05, 0) is 81.5 Å². The molecule has 0 aliphatic carbocycles. The van der Waals surface area contributed by atoms with Crippen LogP contribution in [-0.2, 0) is 13.0 Å². The minimum absolute atomic E-state index is 0.793. The van der Waals surface area contributed by atoms with Crippen LogP contribution in [0.4, 0.5) is 0 Å². The van der Waals surface area contributed by atoms with Crippen LogP contribution in [0.2, 0.25) is 0 Å². The van der Waals surface area contributed by atoms with Crippen LogP contribution in [0.15, 0.2) is 89.5 Å². The average Bonchev–Trinajstić information content (AvgIpc) is 3.36. The second-order valence-electron chi connectivity index (χ2n) is 8.95. The van der Waals surface area contributed by atoms with Gasteiger partial charge in [0.1, 0.15) is 23.0 Å². The lowest BCUT2D eigenvalue weighted by Crippen LogP contribution is -2.02. The van der Waals surface area contributed by atoms with Crippen LogP contribution in [0.3, 0.4) is 0 Å². The first-order chi connectivity index (χ1) is 18.6. The molecule has 0 N–H and O–H groups in total. The van der Waals surface area contributed by atoms with Crippen molar-refractivity contribution in [2.75, 3.05) is 28.4 Å². The van der Waals surface area contributed by atoms with Crippen molar-refractivity contribution in [3.8, 4) is 45.3 Å². The smallest absolute Gasteiger partial charge is 0.129 e. The lowest BCUT2D eigenvalue weighted by atomic mass is 9.98. The zero-order valence-electron chi connectivity index (χ0n) is 22.0. The molecule has 0 fully saturated rings. The predicted molar refractivity (Wildman–Crippen MR) is 157 cm³/mol. The van der Waals surface area contributed by atoms with Gasteiger partial charge in [0.25, 0.3) is 0 Å². The van der Waals surface area contributed by atoms with Gasteiger partial charge in [-0.25, -0.2) is 0 Å². The fourth-order valence-electron chi connectivity index (χ4n) is 4.85. The molecule has 0 saturated carbocycles. The summed E-state index contributed by atoms with van der Waals surface area (Å²) in [5.41, 5.74) is 6.72. The summed E-state index contributed by atoms with van der Waals surface area (Å²) in [5, 5.41) is 1.14. The van der Waals surface area contributed by atoms with Crippen LogP contribution in [-0.4, -0.2) is 33.0 Å². The SMILES string of the molecule is COc1ccc(CCn2cc(-c3ccc(OC)cc3)c3c(Br)cc(OC)c(-c4ccc(OC)cc4)c32)cc1. The normalized spacial score (nSPS) is 11.0.